The molecule has 24 heavy (non-hydrogen) atoms. The van der Waals surface area contributed by atoms with Gasteiger partial charge in [-0.1, -0.05) is 44.2 Å². The molecular weight excluding hydrogens is 310 g/mol. The van der Waals surface area contributed by atoms with Gasteiger partial charge in [0.25, 0.3) is 0 Å². The minimum atomic E-state index is 0.268. The van der Waals surface area contributed by atoms with Crippen molar-refractivity contribution in [3.8, 4) is 6.07 Å². The highest BCUT2D eigenvalue weighted by Crippen LogP contribution is 2.56. The fourth-order valence-corrected chi connectivity index (χ4v) is 5.83. The Balaban J connectivity index is 1.82. The zero-order valence-corrected chi connectivity index (χ0v) is 14.8. The molecule has 5 rings (SSSR count). The van der Waals surface area contributed by atoms with Crippen LogP contribution in [0.3, 0.4) is 0 Å². The summed E-state index contributed by atoms with van der Waals surface area (Å²) in [5, 5.41) is 13.4. The number of nitrogens with zero attached hydrogens (tertiary/aromatic N) is 1. The Morgan fingerprint density at radius 2 is 2.08 bits per heavy atom. The van der Waals surface area contributed by atoms with E-state index in [4.69, 9.17) is 0 Å². The zero-order valence-electron chi connectivity index (χ0n) is 14.0. The van der Waals surface area contributed by atoms with Gasteiger partial charge in [0.05, 0.1) is 10.3 Å². The molecule has 2 aliphatic carbocycles. The Labute approximate surface area is 146 Å². The molecule has 2 unspecified atom stereocenters. The quantitative estimate of drug-likeness (QED) is 0.524. The zero-order chi connectivity index (χ0) is 16.5. The SMILES string of the molecule is CC1C[C@@H]1C1(C)C=Cc2sc3c(C#N)cc4ccccc4c3c2C1. The first-order valence-electron chi connectivity index (χ1n) is 8.67. The van der Waals surface area contributed by atoms with Crippen molar-refractivity contribution in [1.82, 2.24) is 0 Å². The molecule has 2 heteroatoms. The molecule has 3 aromatic rings. The Kier molecular flexibility index (Phi) is 2.80. The molecule has 0 amide bonds. The fraction of sp³-hybridized carbons (Fsp3) is 0.318. The average molecular weight is 329 g/mol. The molecular formula is C22H19NS. The number of benzene rings is 2. The molecule has 1 saturated carbocycles. The van der Waals surface area contributed by atoms with Crippen LogP contribution >= 0.6 is 11.3 Å². The highest BCUT2D eigenvalue weighted by atomic mass is 32.1. The highest BCUT2D eigenvalue weighted by molar-refractivity contribution is 7.20. The second kappa shape index (κ2) is 4.71. The largest absolute Gasteiger partial charge is 0.192 e. The van der Waals surface area contributed by atoms with Gasteiger partial charge in [-0.3, -0.25) is 0 Å². The summed E-state index contributed by atoms with van der Waals surface area (Å²) in [6.45, 7) is 4.79. The Morgan fingerprint density at radius 1 is 1.29 bits per heavy atom. The van der Waals surface area contributed by atoms with E-state index in [2.05, 4.69) is 56.3 Å². The molecule has 3 atom stereocenters. The van der Waals surface area contributed by atoms with E-state index < -0.39 is 0 Å². The van der Waals surface area contributed by atoms with Gasteiger partial charge in [0.15, 0.2) is 0 Å². The Bertz CT molecular complexity index is 1060. The van der Waals surface area contributed by atoms with E-state index >= 15 is 0 Å². The standard InChI is InChI=1S/C22H19NS/c1-13-9-18(13)22(2)8-7-19-17(11-22)20-16-6-4-3-5-14(16)10-15(12-23)21(20)24-19/h3-8,10,13,18H,9,11H2,1-2H3/t13?,18-,22?/m0/s1. The van der Waals surface area contributed by atoms with E-state index in [1.165, 1.54) is 37.7 Å². The number of allylic oxidation sites excluding steroid dienone is 1. The van der Waals surface area contributed by atoms with Gasteiger partial charge in [0.1, 0.15) is 6.07 Å². The maximum Gasteiger partial charge on any atom is 0.101 e. The van der Waals surface area contributed by atoms with Gasteiger partial charge in [-0.15, -0.1) is 11.3 Å². The first-order valence-corrected chi connectivity index (χ1v) is 9.49. The minimum absolute atomic E-state index is 0.268. The predicted molar refractivity (Wildman–Crippen MR) is 102 cm³/mol. The molecule has 2 aromatic carbocycles. The lowest BCUT2D eigenvalue weighted by molar-refractivity contribution is 0.346. The lowest BCUT2D eigenvalue weighted by Gasteiger charge is -2.30. The molecule has 2 aliphatic rings. The molecule has 0 N–H and O–H groups in total. The first-order chi connectivity index (χ1) is 11.6. The van der Waals surface area contributed by atoms with Crippen LogP contribution in [0.25, 0.3) is 26.9 Å². The normalized spacial score (nSPS) is 28.0. The summed E-state index contributed by atoms with van der Waals surface area (Å²) in [6, 6.07) is 13.0. The third-order valence-corrected chi connectivity index (χ3v) is 7.29. The third-order valence-electron chi connectivity index (χ3n) is 6.06. The van der Waals surface area contributed by atoms with Crippen molar-refractivity contribution in [1.29, 1.82) is 5.26 Å². The van der Waals surface area contributed by atoms with Crippen LogP contribution in [0.1, 0.15) is 36.3 Å². The summed E-state index contributed by atoms with van der Waals surface area (Å²) in [5.74, 6) is 1.65. The van der Waals surface area contributed by atoms with Crippen molar-refractivity contribution in [2.45, 2.75) is 26.7 Å². The predicted octanol–water partition coefficient (Wildman–Crippen LogP) is 6.16. The van der Waals surface area contributed by atoms with Crippen molar-refractivity contribution < 1.29 is 0 Å². The van der Waals surface area contributed by atoms with Gasteiger partial charge >= 0.3 is 0 Å². The summed E-state index contributed by atoms with van der Waals surface area (Å²) in [6.07, 6.45) is 7.22. The summed E-state index contributed by atoms with van der Waals surface area (Å²) < 4.78 is 1.17. The minimum Gasteiger partial charge on any atom is -0.192 e. The van der Waals surface area contributed by atoms with Gasteiger partial charge in [-0.05, 0) is 58.6 Å². The van der Waals surface area contributed by atoms with Gasteiger partial charge in [0.2, 0.25) is 0 Å². The van der Waals surface area contributed by atoms with Crippen molar-refractivity contribution in [3.05, 3.63) is 52.4 Å². The van der Waals surface area contributed by atoms with Crippen molar-refractivity contribution in [2.75, 3.05) is 0 Å². The third kappa shape index (κ3) is 1.85. The lowest BCUT2D eigenvalue weighted by Crippen LogP contribution is -2.22. The van der Waals surface area contributed by atoms with E-state index in [0.717, 1.165) is 23.8 Å². The van der Waals surface area contributed by atoms with Crippen LogP contribution < -0.4 is 0 Å². The Hall–Kier alpha value is -2.11. The van der Waals surface area contributed by atoms with E-state index in [-0.39, 0.29) is 5.41 Å². The van der Waals surface area contributed by atoms with Crippen LogP contribution in [0, 0.1) is 28.6 Å². The van der Waals surface area contributed by atoms with Crippen LogP contribution in [-0.2, 0) is 6.42 Å². The van der Waals surface area contributed by atoms with Crippen molar-refractivity contribution >= 4 is 38.3 Å². The fourth-order valence-electron chi connectivity index (χ4n) is 4.62. The molecule has 1 heterocycles. The second-order valence-corrected chi connectivity index (χ2v) is 8.79. The first kappa shape index (κ1) is 14.3. The molecule has 0 saturated heterocycles. The van der Waals surface area contributed by atoms with Gasteiger partial charge in [0, 0.05) is 10.3 Å². The summed E-state index contributed by atoms with van der Waals surface area (Å²) in [5.41, 5.74) is 2.55. The second-order valence-electron chi connectivity index (χ2n) is 7.74. The van der Waals surface area contributed by atoms with Crippen LogP contribution in [0.2, 0.25) is 0 Å². The smallest absolute Gasteiger partial charge is 0.101 e. The molecule has 0 aliphatic heterocycles. The topological polar surface area (TPSA) is 23.8 Å². The van der Waals surface area contributed by atoms with Crippen molar-refractivity contribution in [2.24, 2.45) is 17.3 Å². The monoisotopic (exact) mass is 329 g/mol. The van der Waals surface area contributed by atoms with E-state index in [9.17, 15) is 5.26 Å². The number of thiophene rings is 1. The number of hydrogen-bond donors (Lipinski definition) is 0. The van der Waals surface area contributed by atoms with Gasteiger partial charge < -0.3 is 0 Å². The van der Waals surface area contributed by atoms with Gasteiger partial charge in [-0.25, -0.2) is 0 Å². The summed E-state index contributed by atoms with van der Waals surface area (Å²) in [7, 11) is 0. The maximum atomic E-state index is 9.63. The van der Waals surface area contributed by atoms with E-state index in [1.54, 1.807) is 11.3 Å². The highest BCUT2D eigenvalue weighted by Gasteiger charge is 2.47. The molecule has 0 radical (unpaired) electrons. The molecule has 0 bridgehead atoms. The average Bonchev–Trinajstić information content (AvgIpc) is 3.22. The molecule has 1 nitrogen and oxygen atoms in total. The molecule has 118 valence electrons. The lowest BCUT2D eigenvalue weighted by atomic mass is 9.74. The van der Waals surface area contributed by atoms with E-state index in [1.807, 2.05) is 6.07 Å². The number of nitriles is 1. The number of hydrogen-bond acceptors (Lipinski definition) is 2. The van der Waals surface area contributed by atoms with Crippen LogP contribution in [0.15, 0.2) is 36.4 Å². The van der Waals surface area contributed by atoms with Gasteiger partial charge in [-0.2, -0.15) is 5.26 Å². The van der Waals surface area contributed by atoms with E-state index in [0.29, 0.717) is 0 Å². The summed E-state index contributed by atoms with van der Waals surface area (Å²) in [4.78, 5) is 1.35. The molecule has 0 spiro atoms. The van der Waals surface area contributed by atoms with Crippen LogP contribution in [0.5, 0.6) is 0 Å². The Morgan fingerprint density at radius 3 is 2.83 bits per heavy atom. The van der Waals surface area contributed by atoms with Crippen LogP contribution in [0.4, 0.5) is 0 Å². The number of rotatable bonds is 1. The molecule has 1 fully saturated rings. The number of fused-ring (bicyclic) bond motifs is 5. The summed E-state index contributed by atoms with van der Waals surface area (Å²) >= 11 is 1.79. The molecule has 1 aromatic heterocycles. The van der Waals surface area contributed by atoms with Crippen LogP contribution in [-0.4, -0.2) is 0 Å². The van der Waals surface area contributed by atoms with Crippen molar-refractivity contribution in [3.63, 3.8) is 0 Å². The maximum absolute atomic E-state index is 9.63.